The topological polar surface area (TPSA) is 84.5 Å². The highest BCUT2D eigenvalue weighted by molar-refractivity contribution is 6.31. The van der Waals surface area contributed by atoms with Crippen LogP contribution < -0.4 is 15.4 Å². The SMILES string of the molecule is COc1c(C)cc(C)cc1C=C1C(=O)NC(=O)NC1=O. The Morgan fingerprint density at radius 3 is 2.20 bits per heavy atom. The third-order valence-electron chi connectivity index (χ3n) is 2.90. The van der Waals surface area contributed by atoms with Gasteiger partial charge in [0, 0.05) is 5.56 Å². The van der Waals surface area contributed by atoms with E-state index in [2.05, 4.69) is 0 Å². The first-order chi connectivity index (χ1) is 9.42. The van der Waals surface area contributed by atoms with Crippen LogP contribution in [0.1, 0.15) is 16.7 Å². The van der Waals surface area contributed by atoms with Gasteiger partial charge >= 0.3 is 6.03 Å². The minimum atomic E-state index is -0.815. The zero-order valence-corrected chi connectivity index (χ0v) is 11.4. The molecule has 0 bridgehead atoms. The predicted octanol–water partition coefficient (Wildman–Crippen LogP) is 1.06. The fraction of sp³-hybridized carbons (Fsp3) is 0.214. The van der Waals surface area contributed by atoms with Crippen molar-refractivity contribution in [1.82, 2.24) is 10.6 Å². The van der Waals surface area contributed by atoms with Crippen molar-refractivity contribution in [2.45, 2.75) is 13.8 Å². The minimum Gasteiger partial charge on any atom is -0.496 e. The van der Waals surface area contributed by atoms with E-state index in [4.69, 9.17) is 4.74 Å². The highest BCUT2D eigenvalue weighted by Crippen LogP contribution is 2.27. The summed E-state index contributed by atoms with van der Waals surface area (Å²) in [6.07, 6.45) is 1.41. The number of amides is 4. The number of carbonyl (C=O) groups is 3. The van der Waals surface area contributed by atoms with Crippen LogP contribution in [0.4, 0.5) is 4.79 Å². The average molecular weight is 274 g/mol. The van der Waals surface area contributed by atoms with Crippen LogP contribution in [0.2, 0.25) is 0 Å². The first kappa shape index (κ1) is 13.8. The molecule has 1 aliphatic rings. The standard InChI is InChI=1S/C14H14N2O4/c1-7-4-8(2)11(20-3)9(5-7)6-10-12(17)15-14(19)16-13(10)18/h4-6H,1-3H3,(H2,15,16,17,18,19). The third kappa shape index (κ3) is 2.54. The lowest BCUT2D eigenvalue weighted by Gasteiger charge is -2.15. The largest absolute Gasteiger partial charge is 0.496 e. The van der Waals surface area contributed by atoms with Crippen LogP contribution in [0.25, 0.3) is 6.08 Å². The van der Waals surface area contributed by atoms with Crippen molar-refractivity contribution in [3.63, 3.8) is 0 Å². The molecule has 1 aromatic carbocycles. The molecule has 2 rings (SSSR count). The van der Waals surface area contributed by atoms with Gasteiger partial charge in [-0.1, -0.05) is 11.6 Å². The Kier molecular flexibility index (Phi) is 3.56. The van der Waals surface area contributed by atoms with E-state index < -0.39 is 17.8 Å². The third-order valence-corrected chi connectivity index (χ3v) is 2.90. The number of hydrogen-bond donors (Lipinski definition) is 2. The molecule has 1 fully saturated rings. The number of nitrogens with one attached hydrogen (secondary N) is 2. The minimum absolute atomic E-state index is 0.132. The zero-order chi connectivity index (χ0) is 14.9. The summed E-state index contributed by atoms with van der Waals surface area (Å²) in [5, 5.41) is 4.06. The fourth-order valence-electron chi connectivity index (χ4n) is 2.14. The number of methoxy groups -OCH3 is 1. The molecule has 1 aromatic rings. The van der Waals surface area contributed by atoms with Crippen LogP contribution in [0, 0.1) is 13.8 Å². The lowest BCUT2D eigenvalue weighted by atomic mass is 10.0. The number of hydrogen-bond acceptors (Lipinski definition) is 4. The Hall–Kier alpha value is -2.63. The molecule has 0 unspecified atom stereocenters. The maximum atomic E-state index is 11.7. The number of urea groups is 1. The van der Waals surface area contributed by atoms with E-state index in [0.29, 0.717) is 11.3 Å². The number of carbonyl (C=O) groups excluding carboxylic acids is 3. The summed E-state index contributed by atoms with van der Waals surface area (Å²) >= 11 is 0. The molecule has 2 N–H and O–H groups in total. The molecule has 0 radical (unpaired) electrons. The molecule has 104 valence electrons. The number of barbiturate groups is 1. The molecule has 0 saturated carbocycles. The van der Waals surface area contributed by atoms with Crippen molar-refractivity contribution < 1.29 is 19.1 Å². The van der Waals surface area contributed by atoms with E-state index in [9.17, 15) is 14.4 Å². The molecule has 0 aromatic heterocycles. The molecular formula is C14H14N2O4. The van der Waals surface area contributed by atoms with Crippen LogP contribution >= 0.6 is 0 Å². The summed E-state index contributed by atoms with van der Waals surface area (Å²) in [5.41, 5.74) is 2.35. The number of rotatable bonds is 2. The van der Waals surface area contributed by atoms with Gasteiger partial charge in [-0.05, 0) is 31.6 Å². The Morgan fingerprint density at radius 2 is 1.65 bits per heavy atom. The highest BCUT2D eigenvalue weighted by Gasteiger charge is 2.28. The molecule has 20 heavy (non-hydrogen) atoms. The van der Waals surface area contributed by atoms with Crippen LogP contribution in [-0.2, 0) is 9.59 Å². The van der Waals surface area contributed by atoms with Crippen molar-refractivity contribution >= 4 is 23.9 Å². The Labute approximate surface area is 115 Å². The smallest absolute Gasteiger partial charge is 0.328 e. The van der Waals surface area contributed by atoms with Gasteiger partial charge in [0.1, 0.15) is 11.3 Å². The van der Waals surface area contributed by atoms with Gasteiger partial charge in [-0.2, -0.15) is 0 Å². The first-order valence-corrected chi connectivity index (χ1v) is 5.96. The van der Waals surface area contributed by atoms with E-state index in [-0.39, 0.29) is 5.57 Å². The molecule has 1 heterocycles. The van der Waals surface area contributed by atoms with E-state index in [1.807, 2.05) is 30.5 Å². The lowest BCUT2D eigenvalue weighted by molar-refractivity contribution is -0.123. The van der Waals surface area contributed by atoms with Gasteiger partial charge in [-0.3, -0.25) is 20.2 Å². The van der Waals surface area contributed by atoms with Crippen LogP contribution in [-0.4, -0.2) is 25.0 Å². The van der Waals surface area contributed by atoms with Crippen LogP contribution in [0.3, 0.4) is 0 Å². The van der Waals surface area contributed by atoms with Gasteiger partial charge in [-0.25, -0.2) is 4.79 Å². The van der Waals surface area contributed by atoms with Gasteiger partial charge in [0.25, 0.3) is 11.8 Å². The van der Waals surface area contributed by atoms with Crippen molar-refractivity contribution in [3.05, 3.63) is 34.4 Å². The van der Waals surface area contributed by atoms with E-state index >= 15 is 0 Å². The van der Waals surface area contributed by atoms with Gasteiger partial charge in [0.05, 0.1) is 7.11 Å². The predicted molar refractivity (Wildman–Crippen MR) is 72.1 cm³/mol. The van der Waals surface area contributed by atoms with Gasteiger partial charge in [0.2, 0.25) is 0 Å². The molecule has 4 amide bonds. The molecule has 6 nitrogen and oxygen atoms in total. The Bertz CT molecular complexity index is 625. The summed E-state index contributed by atoms with van der Waals surface area (Å²) in [4.78, 5) is 34.4. The van der Waals surface area contributed by atoms with Crippen molar-refractivity contribution in [1.29, 1.82) is 0 Å². The van der Waals surface area contributed by atoms with Crippen LogP contribution in [0.5, 0.6) is 5.75 Å². The quantitative estimate of drug-likeness (QED) is 0.624. The van der Waals surface area contributed by atoms with E-state index in [0.717, 1.165) is 11.1 Å². The maximum absolute atomic E-state index is 11.7. The second kappa shape index (κ2) is 5.16. The van der Waals surface area contributed by atoms with Crippen molar-refractivity contribution in [2.24, 2.45) is 0 Å². The average Bonchev–Trinajstić information content (AvgIpc) is 2.33. The highest BCUT2D eigenvalue weighted by atomic mass is 16.5. The normalized spacial score (nSPS) is 14.8. The summed E-state index contributed by atoms with van der Waals surface area (Å²) in [6.45, 7) is 3.78. The fourth-order valence-corrected chi connectivity index (χ4v) is 2.14. The van der Waals surface area contributed by atoms with Crippen molar-refractivity contribution in [2.75, 3.05) is 7.11 Å². The Balaban J connectivity index is 2.52. The lowest BCUT2D eigenvalue weighted by Crippen LogP contribution is -2.51. The second-order valence-electron chi connectivity index (χ2n) is 4.50. The molecule has 0 spiro atoms. The molecule has 0 aliphatic carbocycles. The summed E-state index contributed by atoms with van der Waals surface area (Å²) in [7, 11) is 1.52. The Morgan fingerprint density at radius 1 is 1.05 bits per heavy atom. The summed E-state index contributed by atoms with van der Waals surface area (Å²) < 4.78 is 5.29. The number of ether oxygens (including phenoxy) is 1. The first-order valence-electron chi connectivity index (χ1n) is 5.96. The van der Waals surface area contributed by atoms with E-state index in [1.165, 1.54) is 13.2 Å². The molecule has 6 heteroatoms. The van der Waals surface area contributed by atoms with Gasteiger partial charge in [0.15, 0.2) is 0 Å². The summed E-state index contributed by atoms with van der Waals surface area (Å²) in [6, 6.07) is 2.92. The van der Waals surface area contributed by atoms with E-state index in [1.54, 1.807) is 6.07 Å². The summed E-state index contributed by atoms with van der Waals surface area (Å²) in [5.74, 6) is -0.861. The zero-order valence-electron chi connectivity index (χ0n) is 11.4. The monoisotopic (exact) mass is 274 g/mol. The maximum Gasteiger partial charge on any atom is 0.328 e. The van der Waals surface area contributed by atoms with Crippen molar-refractivity contribution in [3.8, 4) is 5.75 Å². The van der Waals surface area contributed by atoms with Gasteiger partial charge < -0.3 is 4.74 Å². The molecule has 0 atom stereocenters. The van der Waals surface area contributed by atoms with Crippen LogP contribution in [0.15, 0.2) is 17.7 Å². The molecular weight excluding hydrogens is 260 g/mol. The second-order valence-corrected chi connectivity index (χ2v) is 4.50. The number of benzene rings is 1. The number of aryl methyl sites for hydroxylation is 2. The molecule has 1 saturated heterocycles. The van der Waals surface area contributed by atoms with Gasteiger partial charge in [-0.15, -0.1) is 0 Å². The number of imide groups is 2. The molecule has 1 aliphatic heterocycles.